The van der Waals surface area contributed by atoms with E-state index in [9.17, 15) is 9.59 Å². The zero-order valence-electron chi connectivity index (χ0n) is 11.1. The standard InChI is InChI=1S/C15H16N2O3/c18-14-11-7-6-10(15(19)20)8-12(11)16-13(17-14)9-4-2-1-3-5-9/h6-9H,1-5H2,(H,19,20)(H,16,17,18). The second-order valence-corrected chi connectivity index (χ2v) is 5.32. The number of carboxylic acids is 1. The minimum Gasteiger partial charge on any atom is -0.478 e. The number of aromatic amines is 1. The van der Waals surface area contributed by atoms with Gasteiger partial charge in [-0.2, -0.15) is 0 Å². The third kappa shape index (κ3) is 2.31. The maximum atomic E-state index is 12.1. The van der Waals surface area contributed by atoms with Crippen LogP contribution in [0.25, 0.3) is 10.9 Å². The molecule has 20 heavy (non-hydrogen) atoms. The number of hydrogen-bond acceptors (Lipinski definition) is 3. The molecule has 0 amide bonds. The first-order valence-electron chi connectivity index (χ1n) is 6.92. The highest BCUT2D eigenvalue weighted by atomic mass is 16.4. The van der Waals surface area contributed by atoms with Gasteiger partial charge in [0.15, 0.2) is 0 Å². The van der Waals surface area contributed by atoms with Crippen LogP contribution in [0.15, 0.2) is 23.0 Å². The van der Waals surface area contributed by atoms with E-state index in [1.165, 1.54) is 24.6 Å². The fourth-order valence-corrected chi connectivity index (χ4v) is 2.86. The summed E-state index contributed by atoms with van der Waals surface area (Å²) in [5.41, 5.74) is 0.437. The molecular weight excluding hydrogens is 256 g/mol. The van der Waals surface area contributed by atoms with E-state index in [0.29, 0.717) is 16.7 Å². The Morgan fingerprint density at radius 3 is 2.70 bits per heavy atom. The van der Waals surface area contributed by atoms with Crippen LogP contribution in [0.1, 0.15) is 54.2 Å². The third-order valence-corrected chi connectivity index (χ3v) is 3.96. The molecule has 0 saturated heterocycles. The van der Waals surface area contributed by atoms with Crippen molar-refractivity contribution in [1.29, 1.82) is 0 Å². The van der Waals surface area contributed by atoms with Gasteiger partial charge >= 0.3 is 5.97 Å². The van der Waals surface area contributed by atoms with Crippen molar-refractivity contribution >= 4 is 16.9 Å². The molecule has 0 aliphatic heterocycles. The predicted octanol–water partition coefficient (Wildman–Crippen LogP) is 2.67. The highest BCUT2D eigenvalue weighted by Gasteiger charge is 2.19. The molecule has 2 aromatic rings. The number of aromatic carboxylic acids is 1. The first kappa shape index (κ1) is 12.8. The number of nitrogens with one attached hydrogen (secondary N) is 1. The fraction of sp³-hybridized carbons (Fsp3) is 0.400. The molecule has 104 valence electrons. The Morgan fingerprint density at radius 2 is 2.00 bits per heavy atom. The molecule has 1 saturated carbocycles. The Bertz CT molecular complexity index is 715. The lowest BCUT2D eigenvalue weighted by atomic mass is 9.88. The minimum atomic E-state index is -1.01. The summed E-state index contributed by atoms with van der Waals surface area (Å²) in [6.07, 6.45) is 5.61. The van der Waals surface area contributed by atoms with Crippen molar-refractivity contribution in [2.45, 2.75) is 38.0 Å². The summed E-state index contributed by atoms with van der Waals surface area (Å²) in [5.74, 6) is -0.0210. The van der Waals surface area contributed by atoms with Gasteiger partial charge in [0.05, 0.1) is 16.5 Å². The van der Waals surface area contributed by atoms with Crippen LogP contribution >= 0.6 is 0 Å². The highest BCUT2D eigenvalue weighted by molar-refractivity contribution is 5.92. The van der Waals surface area contributed by atoms with E-state index in [1.54, 1.807) is 0 Å². The Balaban J connectivity index is 2.10. The predicted molar refractivity (Wildman–Crippen MR) is 75.1 cm³/mol. The third-order valence-electron chi connectivity index (χ3n) is 3.96. The van der Waals surface area contributed by atoms with Crippen LogP contribution in [-0.2, 0) is 0 Å². The molecule has 1 aliphatic carbocycles. The molecule has 3 rings (SSSR count). The lowest BCUT2D eigenvalue weighted by Gasteiger charge is -2.20. The van der Waals surface area contributed by atoms with Gasteiger partial charge in [0.2, 0.25) is 0 Å². The van der Waals surface area contributed by atoms with E-state index < -0.39 is 5.97 Å². The maximum Gasteiger partial charge on any atom is 0.335 e. The second kappa shape index (κ2) is 5.07. The number of carboxylic acid groups (broad SMARTS) is 1. The normalized spacial score (nSPS) is 16.4. The van der Waals surface area contributed by atoms with Gasteiger partial charge in [0, 0.05) is 5.92 Å². The quantitative estimate of drug-likeness (QED) is 0.880. The summed E-state index contributed by atoms with van der Waals surface area (Å²) >= 11 is 0. The summed E-state index contributed by atoms with van der Waals surface area (Å²) < 4.78 is 0. The van der Waals surface area contributed by atoms with Crippen LogP contribution in [-0.4, -0.2) is 21.0 Å². The van der Waals surface area contributed by atoms with Gasteiger partial charge in [-0.1, -0.05) is 19.3 Å². The lowest BCUT2D eigenvalue weighted by Crippen LogP contribution is -2.17. The lowest BCUT2D eigenvalue weighted by molar-refractivity contribution is 0.0697. The molecule has 1 aromatic heterocycles. The summed E-state index contributed by atoms with van der Waals surface area (Å²) in [5, 5.41) is 9.46. The average molecular weight is 272 g/mol. The van der Waals surface area contributed by atoms with Gasteiger partial charge in [0.25, 0.3) is 5.56 Å². The molecule has 1 aromatic carbocycles. The second-order valence-electron chi connectivity index (χ2n) is 5.32. The molecule has 1 heterocycles. The number of carbonyl (C=O) groups is 1. The average Bonchev–Trinajstić information content (AvgIpc) is 2.47. The van der Waals surface area contributed by atoms with Crippen molar-refractivity contribution in [1.82, 2.24) is 9.97 Å². The maximum absolute atomic E-state index is 12.1. The van der Waals surface area contributed by atoms with Crippen LogP contribution in [0.4, 0.5) is 0 Å². The van der Waals surface area contributed by atoms with E-state index in [1.807, 2.05) is 0 Å². The van der Waals surface area contributed by atoms with Gasteiger partial charge in [-0.25, -0.2) is 9.78 Å². The van der Waals surface area contributed by atoms with Gasteiger partial charge in [0.1, 0.15) is 5.82 Å². The summed E-state index contributed by atoms with van der Waals surface area (Å²) in [6, 6.07) is 4.43. The molecule has 0 atom stereocenters. The Hall–Kier alpha value is -2.17. The van der Waals surface area contributed by atoms with Crippen molar-refractivity contribution in [3.05, 3.63) is 39.9 Å². The van der Waals surface area contributed by atoms with Crippen LogP contribution in [0.3, 0.4) is 0 Å². The minimum absolute atomic E-state index is 0.158. The Kier molecular flexibility index (Phi) is 3.26. The van der Waals surface area contributed by atoms with Crippen LogP contribution < -0.4 is 5.56 Å². The zero-order chi connectivity index (χ0) is 14.1. The van der Waals surface area contributed by atoms with Gasteiger partial charge in [-0.05, 0) is 31.0 Å². The van der Waals surface area contributed by atoms with Gasteiger partial charge in [-0.3, -0.25) is 4.79 Å². The van der Waals surface area contributed by atoms with Gasteiger partial charge in [-0.15, -0.1) is 0 Å². The summed E-state index contributed by atoms with van der Waals surface area (Å²) in [7, 11) is 0. The number of nitrogens with zero attached hydrogens (tertiary/aromatic N) is 1. The molecule has 5 nitrogen and oxygen atoms in total. The van der Waals surface area contributed by atoms with Crippen molar-refractivity contribution in [3.63, 3.8) is 0 Å². The monoisotopic (exact) mass is 272 g/mol. The molecule has 2 N–H and O–H groups in total. The number of fused-ring (bicyclic) bond motifs is 1. The molecule has 1 fully saturated rings. The molecule has 0 radical (unpaired) electrons. The number of H-pyrrole nitrogens is 1. The van der Waals surface area contributed by atoms with Gasteiger partial charge < -0.3 is 10.1 Å². The van der Waals surface area contributed by atoms with E-state index in [0.717, 1.165) is 25.7 Å². The summed E-state index contributed by atoms with van der Waals surface area (Å²) in [4.78, 5) is 30.4. The van der Waals surface area contributed by atoms with Crippen molar-refractivity contribution < 1.29 is 9.90 Å². The number of aromatic nitrogens is 2. The number of rotatable bonds is 2. The SMILES string of the molecule is O=C(O)c1ccc2c(=O)[nH]c(C3CCCCC3)nc2c1. The molecule has 0 unspecified atom stereocenters. The van der Waals surface area contributed by atoms with E-state index >= 15 is 0 Å². The van der Waals surface area contributed by atoms with Crippen LogP contribution in [0.2, 0.25) is 0 Å². The summed E-state index contributed by atoms with van der Waals surface area (Å²) in [6.45, 7) is 0. The first-order chi connectivity index (χ1) is 9.65. The van der Waals surface area contributed by atoms with Crippen molar-refractivity contribution in [3.8, 4) is 0 Å². The first-order valence-corrected chi connectivity index (χ1v) is 6.92. The highest BCUT2D eigenvalue weighted by Crippen LogP contribution is 2.30. The van der Waals surface area contributed by atoms with E-state index in [2.05, 4.69) is 9.97 Å². The van der Waals surface area contributed by atoms with Crippen LogP contribution in [0, 0.1) is 0 Å². The molecule has 1 aliphatic rings. The van der Waals surface area contributed by atoms with E-state index in [-0.39, 0.29) is 17.0 Å². The van der Waals surface area contributed by atoms with Crippen LogP contribution in [0.5, 0.6) is 0 Å². The zero-order valence-corrected chi connectivity index (χ0v) is 11.1. The van der Waals surface area contributed by atoms with E-state index in [4.69, 9.17) is 5.11 Å². The Labute approximate surface area is 115 Å². The largest absolute Gasteiger partial charge is 0.478 e. The number of benzene rings is 1. The van der Waals surface area contributed by atoms with Crippen molar-refractivity contribution in [2.24, 2.45) is 0 Å². The Morgan fingerprint density at radius 1 is 1.25 bits per heavy atom. The molecular formula is C15H16N2O3. The molecule has 5 heteroatoms. The van der Waals surface area contributed by atoms with Crippen molar-refractivity contribution in [2.75, 3.05) is 0 Å². The smallest absolute Gasteiger partial charge is 0.335 e. The molecule has 0 spiro atoms. The number of hydrogen-bond donors (Lipinski definition) is 2. The topological polar surface area (TPSA) is 83.0 Å². The molecule has 0 bridgehead atoms. The fourth-order valence-electron chi connectivity index (χ4n) is 2.86.